The summed E-state index contributed by atoms with van der Waals surface area (Å²) in [5.74, 6) is 0. The Morgan fingerprint density at radius 2 is 2.00 bits per heavy atom. The van der Waals surface area contributed by atoms with Crippen LogP contribution < -0.4 is 4.72 Å². The standard InChI is InChI=1S/C17H18N4OS.C2H6/c1-10-5-6-12(16-15(10)11(8-18)9-19-16)21-23-14-7-13(20-22-14)17(2,3)4;1-2/h5-7,9,19,21H,1-4H3;1-2H3. The number of hydrogen-bond acceptors (Lipinski definition) is 5. The molecule has 3 aromatic rings. The molecule has 1 aromatic carbocycles. The molecule has 0 aliphatic rings. The first-order chi connectivity index (χ1) is 11.9. The van der Waals surface area contributed by atoms with Crippen LogP contribution in [0.2, 0.25) is 0 Å². The predicted molar refractivity (Wildman–Crippen MR) is 104 cm³/mol. The Balaban J connectivity index is 0.00000109. The molecule has 0 aliphatic carbocycles. The number of aromatic amines is 1. The highest BCUT2D eigenvalue weighted by Crippen LogP contribution is 2.32. The molecule has 0 saturated heterocycles. The van der Waals surface area contributed by atoms with E-state index in [9.17, 15) is 5.26 Å². The summed E-state index contributed by atoms with van der Waals surface area (Å²) >= 11 is 1.37. The molecule has 0 saturated carbocycles. The number of anilines is 1. The Kier molecular flexibility index (Phi) is 5.81. The average Bonchev–Trinajstić information content (AvgIpc) is 3.23. The molecule has 0 bridgehead atoms. The fraction of sp³-hybridized carbons (Fsp3) is 0.368. The van der Waals surface area contributed by atoms with Gasteiger partial charge in [0, 0.05) is 35.0 Å². The lowest BCUT2D eigenvalue weighted by atomic mass is 9.93. The van der Waals surface area contributed by atoms with Gasteiger partial charge in [-0.1, -0.05) is 45.8 Å². The van der Waals surface area contributed by atoms with E-state index in [2.05, 4.69) is 41.7 Å². The van der Waals surface area contributed by atoms with Gasteiger partial charge in [-0.25, -0.2) is 0 Å². The fourth-order valence-corrected chi connectivity index (χ4v) is 2.98. The number of hydrogen-bond donors (Lipinski definition) is 2. The van der Waals surface area contributed by atoms with Gasteiger partial charge in [0.05, 0.1) is 22.5 Å². The zero-order valence-corrected chi connectivity index (χ0v) is 16.3. The van der Waals surface area contributed by atoms with Crippen LogP contribution in [0.4, 0.5) is 5.69 Å². The second-order valence-electron chi connectivity index (χ2n) is 6.48. The van der Waals surface area contributed by atoms with E-state index in [4.69, 9.17) is 4.52 Å². The van der Waals surface area contributed by atoms with Gasteiger partial charge in [0.15, 0.2) is 0 Å². The highest BCUT2D eigenvalue weighted by atomic mass is 32.2. The molecule has 3 rings (SSSR count). The Morgan fingerprint density at radius 3 is 2.60 bits per heavy atom. The van der Waals surface area contributed by atoms with Gasteiger partial charge >= 0.3 is 0 Å². The fourth-order valence-electron chi connectivity index (χ4n) is 2.36. The molecular weight excluding hydrogens is 332 g/mol. The Hall–Kier alpha value is -2.39. The number of nitriles is 1. The van der Waals surface area contributed by atoms with Crippen LogP contribution >= 0.6 is 11.9 Å². The van der Waals surface area contributed by atoms with Crippen LogP contribution in [0.15, 0.2) is 34.0 Å². The summed E-state index contributed by atoms with van der Waals surface area (Å²) in [7, 11) is 0. The summed E-state index contributed by atoms with van der Waals surface area (Å²) in [6.45, 7) is 12.3. The maximum absolute atomic E-state index is 9.21. The molecule has 2 N–H and O–H groups in total. The molecule has 6 heteroatoms. The number of fused-ring (bicyclic) bond motifs is 1. The quantitative estimate of drug-likeness (QED) is 0.582. The molecule has 0 fully saturated rings. The predicted octanol–water partition coefficient (Wildman–Crippen LogP) is 5.78. The van der Waals surface area contributed by atoms with Gasteiger partial charge < -0.3 is 14.2 Å². The van der Waals surface area contributed by atoms with Crippen LogP contribution in [-0.4, -0.2) is 10.1 Å². The zero-order valence-electron chi connectivity index (χ0n) is 15.5. The highest BCUT2D eigenvalue weighted by molar-refractivity contribution is 8.00. The Labute approximate surface area is 152 Å². The molecule has 0 unspecified atom stereocenters. The first kappa shape index (κ1) is 18.9. The van der Waals surface area contributed by atoms with E-state index in [-0.39, 0.29) is 5.41 Å². The molecule has 0 aliphatic heterocycles. The van der Waals surface area contributed by atoms with Crippen LogP contribution in [0.25, 0.3) is 10.9 Å². The third kappa shape index (κ3) is 3.99. The van der Waals surface area contributed by atoms with E-state index in [1.165, 1.54) is 11.9 Å². The third-order valence-corrected chi connectivity index (χ3v) is 4.40. The van der Waals surface area contributed by atoms with Crippen molar-refractivity contribution in [2.45, 2.75) is 52.0 Å². The van der Waals surface area contributed by atoms with Gasteiger partial charge in [-0.05, 0) is 18.6 Å². The SMILES string of the molecule is CC.Cc1ccc(NSc2cc(C(C)(C)C)no2)c2[nH]cc(C#N)c12. The van der Waals surface area contributed by atoms with Gasteiger partial charge in [0.2, 0.25) is 5.09 Å². The van der Waals surface area contributed by atoms with Crippen molar-refractivity contribution in [2.24, 2.45) is 0 Å². The summed E-state index contributed by atoms with van der Waals surface area (Å²) in [6.07, 6.45) is 1.74. The number of nitrogens with zero attached hydrogens (tertiary/aromatic N) is 2. The topological polar surface area (TPSA) is 77.6 Å². The van der Waals surface area contributed by atoms with Crippen LogP contribution in [-0.2, 0) is 5.41 Å². The summed E-state index contributed by atoms with van der Waals surface area (Å²) in [5.41, 5.74) is 4.43. The number of aryl methyl sites for hydroxylation is 1. The molecule has 2 aromatic heterocycles. The molecule has 2 heterocycles. The van der Waals surface area contributed by atoms with Crippen LogP contribution in [0, 0.1) is 18.3 Å². The van der Waals surface area contributed by atoms with Crippen molar-refractivity contribution < 1.29 is 4.52 Å². The second-order valence-corrected chi connectivity index (χ2v) is 7.29. The molecule has 0 spiro atoms. The lowest BCUT2D eigenvalue weighted by Crippen LogP contribution is -2.10. The van der Waals surface area contributed by atoms with E-state index < -0.39 is 0 Å². The highest BCUT2D eigenvalue weighted by Gasteiger charge is 2.19. The van der Waals surface area contributed by atoms with Crippen LogP contribution in [0.1, 0.15) is 51.4 Å². The smallest absolute Gasteiger partial charge is 0.213 e. The minimum Gasteiger partial charge on any atom is -0.358 e. The third-order valence-electron chi connectivity index (χ3n) is 3.68. The normalized spacial score (nSPS) is 10.9. The van der Waals surface area contributed by atoms with E-state index in [0.717, 1.165) is 27.8 Å². The second kappa shape index (κ2) is 7.66. The Bertz CT molecular complexity index is 896. The molecule has 5 nitrogen and oxygen atoms in total. The lowest BCUT2D eigenvalue weighted by molar-refractivity contribution is 0.335. The van der Waals surface area contributed by atoms with Crippen molar-refractivity contribution >= 4 is 28.5 Å². The summed E-state index contributed by atoms with van der Waals surface area (Å²) in [4.78, 5) is 3.17. The van der Waals surface area contributed by atoms with Gasteiger partial charge in [-0.15, -0.1) is 0 Å². The van der Waals surface area contributed by atoms with E-state index >= 15 is 0 Å². The van der Waals surface area contributed by atoms with Crippen LogP contribution in [0.5, 0.6) is 0 Å². The largest absolute Gasteiger partial charge is 0.358 e. The van der Waals surface area contributed by atoms with E-state index in [1.54, 1.807) is 6.20 Å². The minimum absolute atomic E-state index is 0.0411. The molecule has 132 valence electrons. The first-order valence-corrected chi connectivity index (χ1v) is 9.12. The molecule has 25 heavy (non-hydrogen) atoms. The van der Waals surface area contributed by atoms with Crippen LogP contribution in [0.3, 0.4) is 0 Å². The van der Waals surface area contributed by atoms with Crippen molar-refractivity contribution in [1.82, 2.24) is 10.1 Å². The van der Waals surface area contributed by atoms with Crippen molar-refractivity contribution in [3.05, 3.63) is 41.2 Å². The molecule has 0 atom stereocenters. The maximum Gasteiger partial charge on any atom is 0.213 e. The summed E-state index contributed by atoms with van der Waals surface area (Å²) in [5, 5.41) is 15.0. The number of benzene rings is 1. The van der Waals surface area contributed by atoms with E-state index in [0.29, 0.717) is 10.7 Å². The minimum atomic E-state index is -0.0411. The number of rotatable bonds is 3. The first-order valence-electron chi connectivity index (χ1n) is 8.31. The lowest BCUT2D eigenvalue weighted by Gasteiger charge is -2.12. The monoisotopic (exact) mass is 356 g/mol. The summed E-state index contributed by atoms with van der Waals surface area (Å²) in [6, 6.07) is 8.15. The number of aromatic nitrogens is 2. The van der Waals surface area contributed by atoms with E-state index in [1.807, 2.05) is 39.0 Å². The van der Waals surface area contributed by atoms with Crippen molar-refractivity contribution in [3.8, 4) is 6.07 Å². The molecule has 0 radical (unpaired) electrons. The van der Waals surface area contributed by atoms with Crippen molar-refractivity contribution in [2.75, 3.05) is 4.72 Å². The van der Waals surface area contributed by atoms with Gasteiger partial charge in [0.1, 0.15) is 6.07 Å². The molecular formula is C19H24N4OS. The zero-order chi connectivity index (χ0) is 18.6. The maximum atomic E-state index is 9.21. The van der Waals surface area contributed by atoms with Crippen molar-refractivity contribution in [1.29, 1.82) is 5.26 Å². The molecule has 0 amide bonds. The Morgan fingerprint density at radius 1 is 1.28 bits per heavy atom. The van der Waals surface area contributed by atoms with Gasteiger partial charge in [0.25, 0.3) is 0 Å². The van der Waals surface area contributed by atoms with Gasteiger partial charge in [-0.2, -0.15) is 5.26 Å². The number of nitrogens with one attached hydrogen (secondary N) is 2. The average molecular weight is 356 g/mol. The van der Waals surface area contributed by atoms with Gasteiger partial charge in [-0.3, -0.25) is 0 Å². The number of H-pyrrole nitrogens is 1. The van der Waals surface area contributed by atoms with Crippen molar-refractivity contribution in [3.63, 3.8) is 0 Å². The summed E-state index contributed by atoms with van der Waals surface area (Å²) < 4.78 is 8.64.